The first-order chi connectivity index (χ1) is 8.67. The van der Waals surface area contributed by atoms with Crippen LogP contribution in [0.4, 0.5) is 0 Å². The van der Waals surface area contributed by atoms with Gasteiger partial charge >= 0.3 is 0 Å². The van der Waals surface area contributed by atoms with Gasteiger partial charge in [-0.1, -0.05) is 25.4 Å². The summed E-state index contributed by atoms with van der Waals surface area (Å²) in [6.45, 7) is 6.75. The van der Waals surface area contributed by atoms with E-state index in [0.717, 1.165) is 24.8 Å². The summed E-state index contributed by atoms with van der Waals surface area (Å²) in [5, 5.41) is 7.63. The minimum Gasteiger partial charge on any atom is -0.339 e. The monoisotopic (exact) mass is 249 g/mol. The Hall–Kier alpha value is -0.900. The summed E-state index contributed by atoms with van der Waals surface area (Å²) in [5.74, 6) is 2.69. The Kier molecular flexibility index (Phi) is 3.14. The van der Waals surface area contributed by atoms with Gasteiger partial charge in [0.15, 0.2) is 5.82 Å². The van der Waals surface area contributed by atoms with Crippen LogP contribution >= 0.6 is 0 Å². The second kappa shape index (κ2) is 4.65. The summed E-state index contributed by atoms with van der Waals surface area (Å²) < 4.78 is 5.55. The van der Waals surface area contributed by atoms with Crippen LogP contribution in [-0.4, -0.2) is 23.2 Å². The van der Waals surface area contributed by atoms with Crippen molar-refractivity contribution in [1.82, 2.24) is 15.5 Å². The van der Waals surface area contributed by atoms with Crippen LogP contribution in [0.3, 0.4) is 0 Å². The maximum atomic E-state index is 5.55. The molecule has 2 atom stereocenters. The Morgan fingerprint density at radius 3 is 2.83 bits per heavy atom. The van der Waals surface area contributed by atoms with Crippen LogP contribution in [-0.2, 0) is 0 Å². The SMILES string of the molecule is CC1(C)CCCC1c1nc(C2CCCNC2)no1. The van der Waals surface area contributed by atoms with Crippen LogP contribution in [0.1, 0.15) is 69.5 Å². The molecule has 18 heavy (non-hydrogen) atoms. The summed E-state index contributed by atoms with van der Waals surface area (Å²) in [7, 11) is 0. The Bertz CT molecular complexity index is 407. The van der Waals surface area contributed by atoms with E-state index in [1.807, 2.05) is 0 Å². The maximum absolute atomic E-state index is 5.55. The Morgan fingerprint density at radius 1 is 1.28 bits per heavy atom. The molecule has 2 fully saturated rings. The molecule has 1 saturated heterocycles. The lowest BCUT2D eigenvalue weighted by Crippen LogP contribution is -2.29. The van der Waals surface area contributed by atoms with Gasteiger partial charge < -0.3 is 9.84 Å². The largest absolute Gasteiger partial charge is 0.339 e. The number of aromatic nitrogens is 2. The molecule has 1 aliphatic heterocycles. The first-order valence-electron chi connectivity index (χ1n) is 7.21. The highest BCUT2D eigenvalue weighted by Crippen LogP contribution is 2.48. The lowest BCUT2D eigenvalue weighted by molar-refractivity contribution is 0.260. The number of nitrogens with one attached hydrogen (secondary N) is 1. The van der Waals surface area contributed by atoms with Crippen molar-refractivity contribution in [2.75, 3.05) is 13.1 Å². The predicted molar refractivity (Wildman–Crippen MR) is 69.5 cm³/mol. The van der Waals surface area contributed by atoms with Gasteiger partial charge in [0, 0.05) is 18.4 Å². The van der Waals surface area contributed by atoms with Crippen LogP contribution in [0, 0.1) is 5.41 Å². The van der Waals surface area contributed by atoms with Gasteiger partial charge in [-0.2, -0.15) is 4.98 Å². The van der Waals surface area contributed by atoms with Crippen molar-refractivity contribution in [2.45, 2.75) is 57.8 Å². The average molecular weight is 249 g/mol. The normalized spacial score (nSPS) is 31.7. The van der Waals surface area contributed by atoms with Crippen LogP contribution in [0.15, 0.2) is 4.52 Å². The van der Waals surface area contributed by atoms with Gasteiger partial charge in [-0.3, -0.25) is 0 Å². The third-order valence-electron chi connectivity index (χ3n) is 4.67. The van der Waals surface area contributed by atoms with E-state index >= 15 is 0 Å². The molecule has 2 aliphatic rings. The van der Waals surface area contributed by atoms with Gasteiger partial charge in [0.2, 0.25) is 5.89 Å². The highest BCUT2D eigenvalue weighted by molar-refractivity contribution is 5.06. The first-order valence-corrected chi connectivity index (χ1v) is 7.21. The fraction of sp³-hybridized carbons (Fsp3) is 0.857. The molecule has 1 N–H and O–H groups in total. The lowest BCUT2D eigenvalue weighted by Gasteiger charge is -2.23. The number of hydrogen-bond acceptors (Lipinski definition) is 4. The molecule has 0 spiro atoms. The molecule has 4 heteroatoms. The second-order valence-corrected chi connectivity index (χ2v) is 6.47. The van der Waals surface area contributed by atoms with Crippen LogP contribution in [0.5, 0.6) is 0 Å². The molecule has 2 unspecified atom stereocenters. The number of hydrogen-bond donors (Lipinski definition) is 1. The zero-order valence-corrected chi connectivity index (χ0v) is 11.4. The second-order valence-electron chi connectivity index (χ2n) is 6.47. The van der Waals surface area contributed by atoms with Gasteiger partial charge in [0.1, 0.15) is 0 Å². The molecule has 100 valence electrons. The third-order valence-corrected chi connectivity index (χ3v) is 4.67. The molecular weight excluding hydrogens is 226 g/mol. The van der Waals surface area contributed by atoms with Crippen molar-refractivity contribution in [3.8, 4) is 0 Å². The molecule has 1 aromatic rings. The summed E-state index contributed by atoms with van der Waals surface area (Å²) in [6, 6.07) is 0. The molecule has 0 aromatic carbocycles. The number of nitrogens with zero attached hydrogens (tertiary/aromatic N) is 2. The zero-order valence-electron chi connectivity index (χ0n) is 11.4. The quantitative estimate of drug-likeness (QED) is 0.875. The fourth-order valence-corrected chi connectivity index (χ4v) is 3.41. The van der Waals surface area contributed by atoms with Crippen molar-refractivity contribution in [3.05, 3.63) is 11.7 Å². The Morgan fingerprint density at radius 2 is 2.17 bits per heavy atom. The topological polar surface area (TPSA) is 51.0 Å². The molecular formula is C14H23N3O. The highest BCUT2D eigenvalue weighted by atomic mass is 16.5. The fourth-order valence-electron chi connectivity index (χ4n) is 3.41. The van der Waals surface area contributed by atoms with Crippen molar-refractivity contribution in [3.63, 3.8) is 0 Å². The Labute approximate surface area is 109 Å². The first kappa shape index (κ1) is 12.2. The predicted octanol–water partition coefficient (Wildman–Crippen LogP) is 2.83. The summed E-state index contributed by atoms with van der Waals surface area (Å²) in [4.78, 5) is 4.69. The van der Waals surface area contributed by atoms with E-state index in [9.17, 15) is 0 Å². The van der Waals surface area contributed by atoms with E-state index in [-0.39, 0.29) is 0 Å². The zero-order chi connectivity index (χ0) is 12.6. The van der Waals surface area contributed by atoms with Gasteiger partial charge in [-0.25, -0.2) is 0 Å². The van der Waals surface area contributed by atoms with Gasteiger partial charge in [0.25, 0.3) is 0 Å². The summed E-state index contributed by atoms with van der Waals surface area (Å²) in [5.41, 5.74) is 0.314. The molecule has 2 heterocycles. The van der Waals surface area contributed by atoms with Gasteiger partial charge in [-0.15, -0.1) is 0 Å². The number of rotatable bonds is 2. The van der Waals surface area contributed by atoms with Crippen LogP contribution in [0.25, 0.3) is 0 Å². The number of piperidine rings is 1. The third kappa shape index (κ3) is 2.18. The van der Waals surface area contributed by atoms with E-state index in [0.29, 0.717) is 17.3 Å². The Balaban J connectivity index is 1.76. The molecule has 0 bridgehead atoms. The van der Waals surface area contributed by atoms with E-state index < -0.39 is 0 Å². The molecule has 3 rings (SSSR count). The lowest BCUT2D eigenvalue weighted by atomic mass is 9.82. The van der Waals surface area contributed by atoms with Crippen molar-refractivity contribution < 1.29 is 4.52 Å². The van der Waals surface area contributed by atoms with Gasteiger partial charge in [0.05, 0.1) is 0 Å². The minimum absolute atomic E-state index is 0.314. The molecule has 0 amide bonds. The highest BCUT2D eigenvalue weighted by Gasteiger charge is 2.39. The smallest absolute Gasteiger partial charge is 0.230 e. The van der Waals surface area contributed by atoms with Crippen LogP contribution < -0.4 is 5.32 Å². The molecule has 1 saturated carbocycles. The van der Waals surface area contributed by atoms with Gasteiger partial charge in [-0.05, 0) is 37.6 Å². The molecule has 1 aromatic heterocycles. The van der Waals surface area contributed by atoms with Crippen molar-refractivity contribution >= 4 is 0 Å². The molecule has 4 nitrogen and oxygen atoms in total. The van der Waals surface area contributed by atoms with Crippen molar-refractivity contribution in [2.24, 2.45) is 5.41 Å². The van der Waals surface area contributed by atoms with Crippen LogP contribution in [0.2, 0.25) is 0 Å². The van der Waals surface area contributed by atoms with E-state index in [1.54, 1.807) is 0 Å². The van der Waals surface area contributed by atoms with Crippen molar-refractivity contribution in [1.29, 1.82) is 0 Å². The summed E-state index contributed by atoms with van der Waals surface area (Å²) in [6.07, 6.45) is 6.13. The molecule has 0 radical (unpaired) electrons. The average Bonchev–Trinajstić information content (AvgIpc) is 2.96. The van der Waals surface area contributed by atoms with E-state index in [2.05, 4.69) is 24.3 Å². The summed E-state index contributed by atoms with van der Waals surface area (Å²) >= 11 is 0. The minimum atomic E-state index is 0.314. The van der Waals surface area contributed by atoms with E-state index in [4.69, 9.17) is 9.51 Å². The maximum Gasteiger partial charge on any atom is 0.230 e. The molecule has 1 aliphatic carbocycles. The standard InChI is InChI=1S/C14H23N3O/c1-14(2)7-3-6-11(14)13-16-12(17-18-13)10-5-4-8-15-9-10/h10-11,15H,3-9H2,1-2H3. The van der Waals surface area contributed by atoms with E-state index in [1.165, 1.54) is 32.1 Å².